The molecule has 3 rings (SSSR count). The second kappa shape index (κ2) is 7.07. The van der Waals surface area contributed by atoms with Crippen molar-refractivity contribution in [2.75, 3.05) is 39.5 Å². The van der Waals surface area contributed by atoms with Gasteiger partial charge in [0.15, 0.2) is 11.5 Å². The van der Waals surface area contributed by atoms with Crippen LogP contribution in [0.4, 0.5) is 0 Å². The van der Waals surface area contributed by atoms with Crippen LogP contribution < -0.4 is 9.47 Å². The molecule has 128 valence electrons. The number of nitrogens with zero attached hydrogens (tertiary/aromatic N) is 2. The van der Waals surface area contributed by atoms with Crippen LogP contribution in [-0.2, 0) is 10.0 Å². The first-order valence-electron chi connectivity index (χ1n) is 8.23. The summed E-state index contributed by atoms with van der Waals surface area (Å²) in [5.41, 5.74) is 0. The van der Waals surface area contributed by atoms with Gasteiger partial charge in [0.05, 0.1) is 4.90 Å². The molecule has 0 bridgehead atoms. The first-order valence-corrected chi connectivity index (χ1v) is 9.67. The molecule has 1 aromatic carbocycles. The highest BCUT2D eigenvalue weighted by molar-refractivity contribution is 7.89. The zero-order valence-electron chi connectivity index (χ0n) is 13.5. The summed E-state index contributed by atoms with van der Waals surface area (Å²) in [7, 11) is -3.46. The van der Waals surface area contributed by atoms with Crippen molar-refractivity contribution in [3.05, 3.63) is 18.2 Å². The van der Waals surface area contributed by atoms with Gasteiger partial charge in [0.1, 0.15) is 0 Å². The minimum atomic E-state index is -3.46. The van der Waals surface area contributed by atoms with Crippen LogP contribution in [0.15, 0.2) is 23.1 Å². The maximum Gasteiger partial charge on any atom is 0.243 e. The lowest BCUT2D eigenvalue weighted by molar-refractivity contribution is 0.173. The van der Waals surface area contributed by atoms with E-state index in [9.17, 15) is 8.42 Å². The number of benzene rings is 1. The molecule has 0 atom stereocenters. The Labute approximate surface area is 138 Å². The van der Waals surface area contributed by atoms with E-state index in [-0.39, 0.29) is 11.7 Å². The van der Waals surface area contributed by atoms with Gasteiger partial charge in [-0.1, -0.05) is 19.8 Å². The van der Waals surface area contributed by atoms with E-state index < -0.39 is 10.0 Å². The maximum atomic E-state index is 12.8. The molecule has 1 saturated heterocycles. The van der Waals surface area contributed by atoms with Crippen molar-refractivity contribution in [2.24, 2.45) is 0 Å². The fraction of sp³-hybridized carbons (Fsp3) is 0.625. The Morgan fingerprint density at radius 3 is 2.52 bits per heavy atom. The number of ether oxygens (including phenoxy) is 2. The van der Waals surface area contributed by atoms with Crippen LogP contribution in [0.1, 0.15) is 26.2 Å². The SMILES string of the molecule is CCCCCN1CCN(S(=O)(=O)c2ccc3c(c2)OCO3)CC1. The zero-order chi connectivity index (χ0) is 16.3. The van der Waals surface area contributed by atoms with Crippen molar-refractivity contribution in [1.29, 1.82) is 0 Å². The van der Waals surface area contributed by atoms with Crippen molar-refractivity contribution in [2.45, 2.75) is 31.1 Å². The van der Waals surface area contributed by atoms with E-state index in [1.807, 2.05) is 0 Å². The van der Waals surface area contributed by atoms with Crippen LogP contribution in [-0.4, -0.2) is 57.1 Å². The molecule has 0 aromatic heterocycles. The first-order chi connectivity index (χ1) is 11.1. The monoisotopic (exact) mass is 340 g/mol. The number of piperazine rings is 1. The smallest absolute Gasteiger partial charge is 0.243 e. The van der Waals surface area contributed by atoms with Gasteiger partial charge in [-0.05, 0) is 25.1 Å². The van der Waals surface area contributed by atoms with Crippen LogP contribution in [0.25, 0.3) is 0 Å². The molecular weight excluding hydrogens is 316 g/mol. The van der Waals surface area contributed by atoms with Gasteiger partial charge < -0.3 is 14.4 Å². The quantitative estimate of drug-likeness (QED) is 0.741. The van der Waals surface area contributed by atoms with Gasteiger partial charge in [-0.15, -0.1) is 0 Å². The molecule has 0 saturated carbocycles. The molecule has 0 spiro atoms. The van der Waals surface area contributed by atoms with Gasteiger partial charge >= 0.3 is 0 Å². The highest BCUT2D eigenvalue weighted by atomic mass is 32.2. The van der Waals surface area contributed by atoms with Crippen LogP contribution in [0.5, 0.6) is 11.5 Å². The minimum absolute atomic E-state index is 0.148. The second-order valence-electron chi connectivity index (χ2n) is 5.97. The summed E-state index contributed by atoms with van der Waals surface area (Å²) in [4.78, 5) is 2.63. The summed E-state index contributed by atoms with van der Waals surface area (Å²) in [6, 6.07) is 4.82. The van der Waals surface area contributed by atoms with E-state index in [0.29, 0.717) is 24.6 Å². The van der Waals surface area contributed by atoms with Crippen LogP contribution in [0, 0.1) is 0 Å². The van der Waals surface area contributed by atoms with Crippen molar-refractivity contribution >= 4 is 10.0 Å². The highest BCUT2D eigenvalue weighted by Gasteiger charge is 2.29. The fourth-order valence-electron chi connectivity index (χ4n) is 2.97. The Bertz CT molecular complexity index is 639. The van der Waals surface area contributed by atoms with Crippen LogP contribution >= 0.6 is 0 Å². The maximum absolute atomic E-state index is 12.8. The third-order valence-corrected chi connectivity index (χ3v) is 6.29. The Morgan fingerprint density at radius 2 is 1.78 bits per heavy atom. The van der Waals surface area contributed by atoms with Gasteiger partial charge in [0.2, 0.25) is 16.8 Å². The number of hydrogen-bond donors (Lipinski definition) is 0. The lowest BCUT2D eigenvalue weighted by Gasteiger charge is -2.34. The van der Waals surface area contributed by atoms with Gasteiger partial charge in [-0.3, -0.25) is 0 Å². The van der Waals surface area contributed by atoms with E-state index in [1.165, 1.54) is 19.3 Å². The topological polar surface area (TPSA) is 59.1 Å². The van der Waals surface area contributed by atoms with Gasteiger partial charge in [0, 0.05) is 32.2 Å². The van der Waals surface area contributed by atoms with E-state index in [2.05, 4.69) is 11.8 Å². The van der Waals surface area contributed by atoms with Gasteiger partial charge in [-0.25, -0.2) is 8.42 Å². The number of rotatable bonds is 6. The van der Waals surface area contributed by atoms with Crippen molar-refractivity contribution in [3.8, 4) is 11.5 Å². The number of hydrogen-bond acceptors (Lipinski definition) is 5. The molecular formula is C16H24N2O4S. The first kappa shape index (κ1) is 16.5. The molecule has 6 nitrogen and oxygen atoms in total. The Morgan fingerprint density at radius 1 is 1.04 bits per heavy atom. The van der Waals surface area contributed by atoms with Crippen molar-refractivity contribution in [3.63, 3.8) is 0 Å². The molecule has 23 heavy (non-hydrogen) atoms. The molecule has 2 aliphatic rings. The number of fused-ring (bicyclic) bond motifs is 1. The Balaban J connectivity index is 1.63. The molecule has 0 unspecified atom stereocenters. The van der Waals surface area contributed by atoms with E-state index in [4.69, 9.17) is 9.47 Å². The van der Waals surface area contributed by atoms with E-state index in [0.717, 1.165) is 19.6 Å². The summed E-state index contributed by atoms with van der Waals surface area (Å²) < 4.78 is 37.6. The second-order valence-corrected chi connectivity index (χ2v) is 7.91. The Hall–Kier alpha value is -1.31. The third kappa shape index (κ3) is 3.62. The third-order valence-electron chi connectivity index (χ3n) is 4.39. The summed E-state index contributed by atoms with van der Waals surface area (Å²) in [6.45, 7) is 6.09. The molecule has 0 amide bonds. The van der Waals surface area contributed by atoms with Gasteiger partial charge in [-0.2, -0.15) is 4.31 Å². The Kier molecular flexibility index (Phi) is 5.08. The largest absolute Gasteiger partial charge is 0.454 e. The normalized spacial score (nSPS) is 19.2. The molecule has 1 fully saturated rings. The lowest BCUT2D eigenvalue weighted by atomic mass is 10.2. The summed E-state index contributed by atoms with van der Waals surface area (Å²) in [6.07, 6.45) is 3.62. The molecule has 2 aliphatic heterocycles. The molecule has 7 heteroatoms. The summed E-state index contributed by atoms with van der Waals surface area (Å²) >= 11 is 0. The predicted molar refractivity (Wildman–Crippen MR) is 87.3 cm³/mol. The average Bonchev–Trinajstić information content (AvgIpc) is 3.03. The standard InChI is InChI=1S/C16H24N2O4S/c1-2-3-4-7-17-8-10-18(11-9-17)23(19,20)14-5-6-15-16(12-14)22-13-21-15/h5-6,12H,2-4,7-11,13H2,1H3. The van der Waals surface area contributed by atoms with Gasteiger partial charge in [0.25, 0.3) is 0 Å². The van der Waals surface area contributed by atoms with E-state index >= 15 is 0 Å². The van der Waals surface area contributed by atoms with Crippen LogP contribution in [0.2, 0.25) is 0 Å². The average molecular weight is 340 g/mol. The summed E-state index contributed by atoms with van der Waals surface area (Å²) in [5.74, 6) is 1.11. The van der Waals surface area contributed by atoms with E-state index in [1.54, 1.807) is 22.5 Å². The lowest BCUT2D eigenvalue weighted by Crippen LogP contribution is -2.48. The predicted octanol–water partition coefficient (Wildman–Crippen LogP) is 1.91. The van der Waals surface area contributed by atoms with Crippen LogP contribution in [0.3, 0.4) is 0 Å². The molecule has 0 radical (unpaired) electrons. The molecule has 2 heterocycles. The molecule has 1 aromatic rings. The minimum Gasteiger partial charge on any atom is -0.454 e. The number of unbranched alkanes of at least 4 members (excludes halogenated alkanes) is 2. The summed E-state index contributed by atoms with van der Waals surface area (Å²) in [5, 5.41) is 0. The van der Waals surface area contributed by atoms with Crippen molar-refractivity contribution < 1.29 is 17.9 Å². The molecule has 0 N–H and O–H groups in total. The molecule has 0 aliphatic carbocycles. The zero-order valence-corrected chi connectivity index (χ0v) is 14.3. The van der Waals surface area contributed by atoms with Crippen molar-refractivity contribution in [1.82, 2.24) is 9.21 Å². The highest BCUT2D eigenvalue weighted by Crippen LogP contribution is 2.34. The number of sulfonamides is 1. The fourth-order valence-corrected chi connectivity index (χ4v) is 4.40.